The van der Waals surface area contributed by atoms with Gasteiger partial charge in [0, 0.05) is 16.7 Å². The fourth-order valence-electron chi connectivity index (χ4n) is 3.48. The first-order valence-corrected chi connectivity index (χ1v) is 8.86. The minimum atomic E-state index is 0.505. The molecule has 0 aromatic heterocycles. The molecule has 4 rings (SSSR count). The molecule has 0 atom stereocenters. The minimum Gasteiger partial charge on any atom is -0.497 e. The van der Waals surface area contributed by atoms with Crippen LogP contribution in [0.25, 0.3) is 11.1 Å². The molecule has 0 aliphatic carbocycles. The third-order valence-corrected chi connectivity index (χ3v) is 4.82. The molecule has 0 amide bonds. The fourth-order valence-corrected chi connectivity index (χ4v) is 3.48. The van der Waals surface area contributed by atoms with Gasteiger partial charge in [0.15, 0.2) is 0 Å². The van der Waals surface area contributed by atoms with Crippen molar-refractivity contribution in [2.24, 2.45) is 0 Å². The third kappa shape index (κ3) is 3.24. The van der Waals surface area contributed by atoms with Crippen molar-refractivity contribution < 1.29 is 14.3 Å². The Hall–Kier alpha value is -3.33. The Morgan fingerprint density at radius 1 is 1.00 bits per heavy atom. The standard InChI is InChI=1S/C24H20O3/c1-16-6-11-23-21(12-16)22(15-27-23)24(18-7-9-20(26-2)10-8-18)19-5-3-4-17(13-19)14-25/h3-14H,15H2,1-2H3/b24-22-. The Kier molecular flexibility index (Phi) is 4.51. The van der Waals surface area contributed by atoms with Gasteiger partial charge in [-0.25, -0.2) is 0 Å². The van der Waals surface area contributed by atoms with Gasteiger partial charge in [-0.3, -0.25) is 4.79 Å². The van der Waals surface area contributed by atoms with Crippen molar-refractivity contribution in [3.8, 4) is 11.5 Å². The molecule has 0 bridgehead atoms. The molecule has 0 fully saturated rings. The molecule has 1 heterocycles. The maximum absolute atomic E-state index is 11.3. The summed E-state index contributed by atoms with van der Waals surface area (Å²) in [6.07, 6.45) is 0.878. The summed E-state index contributed by atoms with van der Waals surface area (Å²) in [6.45, 7) is 2.59. The lowest BCUT2D eigenvalue weighted by Crippen LogP contribution is -1.98. The predicted molar refractivity (Wildman–Crippen MR) is 107 cm³/mol. The van der Waals surface area contributed by atoms with E-state index in [4.69, 9.17) is 9.47 Å². The predicted octanol–water partition coefficient (Wildman–Crippen LogP) is 5.17. The van der Waals surface area contributed by atoms with Crippen molar-refractivity contribution in [1.29, 1.82) is 0 Å². The van der Waals surface area contributed by atoms with Crippen LogP contribution in [0, 0.1) is 6.92 Å². The number of methoxy groups -OCH3 is 1. The summed E-state index contributed by atoms with van der Waals surface area (Å²) in [5, 5.41) is 0. The van der Waals surface area contributed by atoms with Crippen molar-refractivity contribution in [2.75, 3.05) is 13.7 Å². The molecule has 3 aromatic carbocycles. The molecular weight excluding hydrogens is 336 g/mol. The van der Waals surface area contributed by atoms with Gasteiger partial charge in [-0.1, -0.05) is 42.0 Å². The maximum atomic E-state index is 11.3. The fraction of sp³-hybridized carbons (Fsp3) is 0.125. The van der Waals surface area contributed by atoms with Crippen molar-refractivity contribution in [3.05, 3.63) is 94.5 Å². The second-order valence-electron chi connectivity index (χ2n) is 6.61. The summed E-state index contributed by atoms with van der Waals surface area (Å²) in [5.41, 5.74) is 7.21. The van der Waals surface area contributed by atoms with Crippen LogP contribution in [0.4, 0.5) is 0 Å². The van der Waals surface area contributed by atoms with E-state index in [1.54, 1.807) is 7.11 Å². The average molecular weight is 356 g/mol. The number of hydrogen-bond donors (Lipinski definition) is 0. The van der Waals surface area contributed by atoms with Crippen LogP contribution in [0.1, 0.15) is 32.6 Å². The van der Waals surface area contributed by atoms with E-state index >= 15 is 0 Å². The van der Waals surface area contributed by atoms with E-state index in [0.29, 0.717) is 12.2 Å². The van der Waals surface area contributed by atoms with E-state index in [1.807, 2.05) is 54.6 Å². The smallest absolute Gasteiger partial charge is 0.150 e. The quantitative estimate of drug-likeness (QED) is 0.605. The van der Waals surface area contributed by atoms with Crippen LogP contribution >= 0.6 is 0 Å². The normalized spacial score (nSPS) is 14.3. The Balaban J connectivity index is 1.97. The Morgan fingerprint density at radius 2 is 1.81 bits per heavy atom. The zero-order valence-electron chi connectivity index (χ0n) is 15.4. The van der Waals surface area contributed by atoms with Crippen molar-refractivity contribution in [1.82, 2.24) is 0 Å². The SMILES string of the molecule is COc1ccc(/C(=C2\COc3ccc(C)cc32)c2cccc(C=O)c2)cc1. The lowest BCUT2D eigenvalue weighted by atomic mass is 9.89. The van der Waals surface area contributed by atoms with E-state index in [1.165, 1.54) is 5.56 Å². The topological polar surface area (TPSA) is 35.5 Å². The van der Waals surface area contributed by atoms with Gasteiger partial charge in [0.1, 0.15) is 24.4 Å². The van der Waals surface area contributed by atoms with Crippen LogP contribution in [0.2, 0.25) is 0 Å². The summed E-state index contributed by atoms with van der Waals surface area (Å²) < 4.78 is 11.2. The van der Waals surface area contributed by atoms with Crippen LogP contribution in [0.15, 0.2) is 66.7 Å². The first kappa shape index (κ1) is 17.1. The molecule has 0 saturated carbocycles. The lowest BCUT2D eigenvalue weighted by molar-refractivity contribution is 0.112. The average Bonchev–Trinajstić information content (AvgIpc) is 3.12. The van der Waals surface area contributed by atoms with Gasteiger partial charge in [-0.15, -0.1) is 0 Å². The molecule has 1 aliphatic heterocycles. The molecule has 3 heteroatoms. The summed E-state index contributed by atoms with van der Waals surface area (Å²) in [5.74, 6) is 1.71. The number of benzene rings is 3. The number of aryl methyl sites for hydroxylation is 1. The molecule has 0 spiro atoms. The first-order valence-electron chi connectivity index (χ1n) is 8.86. The van der Waals surface area contributed by atoms with E-state index in [0.717, 1.165) is 45.6 Å². The second-order valence-corrected chi connectivity index (χ2v) is 6.61. The largest absolute Gasteiger partial charge is 0.497 e. The van der Waals surface area contributed by atoms with E-state index in [-0.39, 0.29) is 0 Å². The zero-order valence-corrected chi connectivity index (χ0v) is 15.4. The van der Waals surface area contributed by atoms with Crippen LogP contribution < -0.4 is 9.47 Å². The molecule has 134 valence electrons. The highest BCUT2D eigenvalue weighted by Gasteiger charge is 2.23. The van der Waals surface area contributed by atoms with Gasteiger partial charge in [-0.05, 0) is 54.0 Å². The van der Waals surface area contributed by atoms with Crippen molar-refractivity contribution in [3.63, 3.8) is 0 Å². The van der Waals surface area contributed by atoms with Gasteiger partial charge in [0.2, 0.25) is 0 Å². The monoisotopic (exact) mass is 356 g/mol. The minimum absolute atomic E-state index is 0.505. The molecule has 0 unspecified atom stereocenters. The number of rotatable bonds is 4. The van der Waals surface area contributed by atoms with Crippen molar-refractivity contribution >= 4 is 17.4 Å². The zero-order chi connectivity index (χ0) is 18.8. The Labute approximate surface area is 158 Å². The van der Waals surface area contributed by atoms with E-state index < -0.39 is 0 Å². The van der Waals surface area contributed by atoms with Gasteiger partial charge in [0.25, 0.3) is 0 Å². The third-order valence-electron chi connectivity index (χ3n) is 4.82. The van der Waals surface area contributed by atoms with Crippen LogP contribution in [-0.4, -0.2) is 20.0 Å². The van der Waals surface area contributed by atoms with E-state index in [9.17, 15) is 4.79 Å². The summed E-state index contributed by atoms with van der Waals surface area (Å²) in [6, 6.07) is 21.9. The molecule has 0 saturated heterocycles. The van der Waals surface area contributed by atoms with E-state index in [2.05, 4.69) is 19.1 Å². The van der Waals surface area contributed by atoms with Crippen LogP contribution in [0.3, 0.4) is 0 Å². The highest BCUT2D eigenvalue weighted by atomic mass is 16.5. The Morgan fingerprint density at radius 3 is 2.56 bits per heavy atom. The molecule has 3 nitrogen and oxygen atoms in total. The maximum Gasteiger partial charge on any atom is 0.150 e. The van der Waals surface area contributed by atoms with Crippen molar-refractivity contribution in [2.45, 2.75) is 6.92 Å². The van der Waals surface area contributed by atoms with Crippen LogP contribution in [0.5, 0.6) is 11.5 Å². The number of carbonyl (C=O) groups is 1. The summed E-state index contributed by atoms with van der Waals surface area (Å²) >= 11 is 0. The summed E-state index contributed by atoms with van der Waals surface area (Å²) in [7, 11) is 1.66. The molecule has 0 N–H and O–H groups in total. The number of fused-ring (bicyclic) bond motifs is 1. The number of carbonyl (C=O) groups excluding carboxylic acids is 1. The highest BCUT2D eigenvalue weighted by Crippen LogP contribution is 2.41. The molecule has 1 aliphatic rings. The van der Waals surface area contributed by atoms with Gasteiger partial charge in [0.05, 0.1) is 7.11 Å². The Bertz CT molecular complexity index is 1030. The molecule has 3 aromatic rings. The summed E-state index contributed by atoms with van der Waals surface area (Å²) in [4.78, 5) is 11.3. The van der Waals surface area contributed by atoms with Gasteiger partial charge < -0.3 is 9.47 Å². The number of hydrogen-bond acceptors (Lipinski definition) is 3. The highest BCUT2D eigenvalue weighted by molar-refractivity contribution is 6.02. The molecular formula is C24H20O3. The molecule has 0 radical (unpaired) electrons. The second kappa shape index (κ2) is 7.12. The van der Waals surface area contributed by atoms with Crippen LogP contribution in [-0.2, 0) is 0 Å². The molecule has 27 heavy (non-hydrogen) atoms. The van der Waals surface area contributed by atoms with Gasteiger partial charge >= 0.3 is 0 Å². The van der Waals surface area contributed by atoms with Gasteiger partial charge in [-0.2, -0.15) is 0 Å². The number of aldehydes is 1. The number of ether oxygens (including phenoxy) is 2. The first-order chi connectivity index (χ1) is 13.2. The lowest BCUT2D eigenvalue weighted by Gasteiger charge is -2.14.